The van der Waals surface area contributed by atoms with E-state index in [0.29, 0.717) is 43.9 Å². The quantitative estimate of drug-likeness (QED) is 0.579. The fourth-order valence-corrected chi connectivity index (χ4v) is 2.90. The molecule has 1 saturated heterocycles. The van der Waals surface area contributed by atoms with Crippen molar-refractivity contribution < 1.29 is 22.7 Å². The third kappa shape index (κ3) is 5.74. The van der Waals surface area contributed by atoms with Crippen molar-refractivity contribution in [3.63, 3.8) is 0 Å². The number of nitrogens with zero attached hydrogens (tertiary/aromatic N) is 1. The number of phenolic OH excluding ortho intramolecular Hbond substituents is 1. The summed E-state index contributed by atoms with van der Waals surface area (Å²) >= 11 is 0. The second-order valence-electron chi connectivity index (χ2n) is 5.82. The highest BCUT2D eigenvalue weighted by Crippen LogP contribution is 2.43. The van der Waals surface area contributed by atoms with Crippen molar-refractivity contribution in [1.29, 1.82) is 0 Å². The lowest BCUT2D eigenvalue weighted by Crippen LogP contribution is -2.45. The van der Waals surface area contributed by atoms with Gasteiger partial charge in [0, 0.05) is 37.8 Å². The van der Waals surface area contributed by atoms with E-state index in [0.717, 1.165) is 0 Å². The van der Waals surface area contributed by atoms with Gasteiger partial charge >= 0.3 is 6.18 Å². The Labute approximate surface area is 156 Å². The Kier molecular flexibility index (Phi) is 9.22. The van der Waals surface area contributed by atoms with Gasteiger partial charge in [-0.2, -0.15) is 13.2 Å². The summed E-state index contributed by atoms with van der Waals surface area (Å²) in [6.07, 6.45) is -4.44. The van der Waals surface area contributed by atoms with Gasteiger partial charge in [0.1, 0.15) is 0 Å². The monoisotopic (exact) mass is 404 g/mol. The molecule has 0 spiro atoms. The number of nitrogens with one attached hydrogen (secondary N) is 1. The average molecular weight is 405 g/mol. The standard InChI is InChI=1S/C16H20F4N2O.2ClH/c1-10(2)9-13(22-7-5-21-6-8-22)14-11(16(18,19)20)3-4-12(17)15(14)23;;/h3-4,13,21,23H,1,5-9H2,2H3;2*1H/t13-;;/m0../s1. The van der Waals surface area contributed by atoms with Crippen LogP contribution < -0.4 is 5.32 Å². The predicted octanol–water partition coefficient (Wildman–Crippen LogP) is 4.31. The first-order chi connectivity index (χ1) is 10.7. The SMILES string of the molecule is C=C(C)C[C@@H](c1c(C(F)(F)F)ccc(F)c1O)N1CCNCC1.Cl.Cl. The highest BCUT2D eigenvalue weighted by Gasteiger charge is 2.39. The van der Waals surface area contributed by atoms with Crippen LogP contribution in [-0.2, 0) is 6.18 Å². The Balaban J connectivity index is 0.00000288. The summed E-state index contributed by atoms with van der Waals surface area (Å²) in [6, 6.07) is 0.580. The summed E-state index contributed by atoms with van der Waals surface area (Å²) in [5, 5.41) is 13.1. The van der Waals surface area contributed by atoms with Gasteiger partial charge in [-0.1, -0.05) is 5.57 Å². The Morgan fingerprint density at radius 3 is 2.32 bits per heavy atom. The maximum Gasteiger partial charge on any atom is 0.416 e. The fraction of sp³-hybridized carbons (Fsp3) is 0.500. The number of hydrogen-bond acceptors (Lipinski definition) is 3. The molecule has 0 unspecified atom stereocenters. The lowest BCUT2D eigenvalue weighted by Gasteiger charge is -2.36. The van der Waals surface area contributed by atoms with E-state index in [-0.39, 0.29) is 31.2 Å². The molecule has 1 heterocycles. The molecule has 1 aromatic carbocycles. The van der Waals surface area contributed by atoms with E-state index in [1.165, 1.54) is 0 Å². The van der Waals surface area contributed by atoms with Gasteiger partial charge < -0.3 is 10.4 Å². The number of hydrogen-bond donors (Lipinski definition) is 2. The van der Waals surface area contributed by atoms with E-state index in [9.17, 15) is 22.7 Å². The number of alkyl halides is 3. The largest absolute Gasteiger partial charge is 0.505 e. The van der Waals surface area contributed by atoms with Crippen molar-refractivity contribution in [3.05, 3.63) is 41.2 Å². The first-order valence-corrected chi connectivity index (χ1v) is 7.39. The first-order valence-electron chi connectivity index (χ1n) is 7.39. The van der Waals surface area contributed by atoms with Gasteiger partial charge in [0.2, 0.25) is 0 Å². The van der Waals surface area contributed by atoms with Crippen LogP contribution >= 0.6 is 24.8 Å². The molecule has 2 N–H and O–H groups in total. The summed E-state index contributed by atoms with van der Waals surface area (Å²) in [7, 11) is 0. The minimum absolute atomic E-state index is 0. The van der Waals surface area contributed by atoms with Crippen LogP contribution in [0.2, 0.25) is 0 Å². The Hall–Kier alpha value is -1.02. The molecule has 2 rings (SSSR count). The summed E-state index contributed by atoms with van der Waals surface area (Å²) < 4.78 is 53.8. The van der Waals surface area contributed by atoms with E-state index in [1.807, 2.05) is 4.90 Å². The second-order valence-corrected chi connectivity index (χ2v) is 5.82. The summed E-state index contributed by atoms with van der Waals surface area (Å²) in [6.45, 7) is 7.76. The Bertz CT molecular complexity index is 590. The van der Waals surface area contributed by atoms with Gasteiger partial charge in [0.15, 0.2) is 11.6 Å². The smallest absolute Gasteiger partial charge is 0.416 e. The highest BCUT2D eigenvalue weighted by molar-refractivity contribution is 5.85. The minimum atomic E-state index is -4.66. The molecule has 0 aromatic heterocycles. The zero-order valence-electron chi connectivity index (χ0n) is 13.7. The molecule has 0 aliphatic carbocycles. The van der Waals surface area contributed by atoms with Crippen molar-refractivity contribution in [2.75, 3.05) is 26.2 Å². The molecule has 25 heavy (non-hydrogen) atoms. The second kappa shape index (κ2) is 9.62. The lowest BCUT2D eigenvalue weighted by atomic mass is 9.92. The zero-order chi connectivity index (χ0) is 17.2. The van der Waals surface area contributed by atoms with Crippen molar-refractivity contribution in [2.24, 2.45) is 0 Å². The molecule has 0 radical (unpaired) electrons. The molecular formula is C16H22Cl2F4N2O. The first kappa shape index (κ1) is 24.0. The average Bonchev–Trinajstić information content (AvgIpc) is 2.47. The molecule has 0 bridgehead atoms. The van der Waals surface area contributed by atoms with Crippen LogP contribution in [0.4, 0.5) is 17.6 Å². The molecule has 1 aromatic rings. The van der Waals surface area contributed by atoms with Gasteiger partial charge in [-0.15, -0.1) is 31.4 Å². The van der Waals surface area contributed by atoms with Gasteiger partial charge in [0.05, 0.1) is 5.56 Å². The van der Waals surface area contributed by atoms with Gasteiger partial charge in [-0.3, -0.25) is 4.90 Å². The van der Waals surface area contributed by atoms with Crippen molar-refractivity contribution in [1.82, 2.24) is 10.2 Å². The summed E-state index contributed by atoms with van der Waals surface area (Å²) in [4.78, 5) is 1.83. The number of phenols is 1. The molecule has 9 heteroatoms. The van der Waals surface area contributed by atoms with Crippen molar-refractivity contribution >= 4 is 24.8 Å². The van der Waals surface area contributed by atoms with E-state index in [4.69, 9.17) is 0 Å². The summed E-state index contributed by atoms with van der Waals surface area (Å²) in [5.74, 6) is -1.97. The van der Waals surface area contributed by atoms with Gasteiger partial charge in [-0.05, 0) is 25.5 Å². The van der Waals surface area contributed by atoms with Crippen LogP contribution in [0.25, 0.3) is 0 Å². The predicted molar refractivity (Wildman–Crippen MR) is 94.2 cm³/mol. The Morgan fingerprint density at radius 2 is 1.84 bits per heavy atom. The highest BCUT2D eigenvalue weighted by atomic mass is 35.5. The molecule has 0 saturated carbocycles. The van der Waals surface area contributed by atoms with E-state index in [1.54, 1.807) is 6.92 Å². The van der Waals surface area contributed by atoms with Gasteiger partial charge in [0.25, 0.3) is 0 Å². The van der Waals surface area contributed by atoms with Crippen LogP contribution in [-0.4, -0.2) is 36.2 Å². The number of rotatable bonds is 4. The number of piperazine rings is 1. The van der Waals surface area contributed by atoms with Gasteiger partial charge in [-0.25, -0.2) is 4.39 Å². The maximum atomic E-state index is 13.7. The molecule has 144 valence electrons. The van der Waals surface area contributed by atoms with E-state index >= 15 is 0 Å². The topological polar surface area (TPSA) is 35.5 Å². The summed E-state index contributed by atoms with van der Waals surface area (Å²) in [5.41, 5.74) is -0.728. The van der Waals surface area contributed by atoms with Crippen LogP contribution in [0.15, 0.2) is 24.3 Å². The molecule has 1 aliphatic heterocycles. The third-order valence-corrected chi connectivity index (χ3v) is 3.94. The maximum absolute atomic E-state index is 13.7. The normalized spacial score (nSPS) is 16.5. The van der Waals surface area contributed by atoms with E-state index < -0.39 is 34.9 Å². The van der Waals surface area contributed by atoms with Crippen LogP contribution in [0, 0.1) is 5.82 Å². The van der Waals surface area contributed by atoms with Crippen LogP contribution in [0.5, 0.6) is 5.75 Å². The molecule has 0 amide bonds. The van der Waals surface area contributed by atoms with Crippen LogP contribution in [0.1, 0.15) is 30.5 Å². The molecule has 1 aliphatic rings. The number of benzene rings is 1. The Morgan fingerprint density at radius 1 is 1.28 bits per heavy atom. The third-order valence-electron chi connectivity index (χ3n) is 3.94. The molecule has 1 fully saturated rings. The molecule has 3 nitrogen and oxygen atoms in total. The van der Waals surface area contributed by atoms with Crippen molar-refractivity contribution in [2.45, 2.75) is 25.6 Å². The van der Waals surface area contributed by atoms with Crippen LogP contribution in [0.3, 0.4) is 0 Å². The van der Waals surface area contributed by atoms with Crippen molar-refractivity contribution in [3.8, 4) is 5.75 Å². The number of halogens is 6. The lowest BCUT2D eigenvalue weighted by molar-refractivity contribution is -0.139. The minimum Gasteiger partial charge on any atom is -0.505 e. The number of aromatic hydroxyl groups is 1. The molecular weight excluding hydrogens is 383 g/mol. The zero-order valence-corrected chi connectivity index (χ0v) is 15.3. The van der Waals surface area contributed by atoms with E-state index in [2.05, 4.69) is 11.9 Å². The molecule has 1 atom stereocenters. The fourth-order valence-electron chi connectivity index (χ4n) is 2.90.